The predicted octanol–water partition coefficient (Wildman–Crippen LogP) is 4.01. The van der Waals surface area contributed by atoms with Crippen LogP contribution in [-0.4, -0.2) is 20.7 Å². The maximum atomic E-state index is 13.9. The molecule has 2 aromatic carbocycles. The molecule has 0 saturated carbocycles. The zero-order chi connectivity index (χ0) is 19.7. The van der Waals surface area contributed by atoms with E-state index in [0.29, 0.717) is 27.9 Å². The lowest BCUT2D eigenvalue weighted by Gasteiger charge is -2.10. The largest absolute Gasteiger partial charge is 0.348 e. The summed E-state index contributed by atoms with van der Waals surface area (Å²) >= 11 is 0. The van der Waals surface area contributed by atoms with E-state index in [4.69, 9.17) is 4.98 Å². The Kier molecular flexibility index (Phi) is 4.61. The van der Waals surface area contributed by atoms with Crippen LogP contribution >= 0.6 is 0 Å². The van der Waals surface area contributed by atoms with Gasteiger partial charge < -0.3 is 5.32 Å². The molecule has 0 radical (unpaired) electrons. The lowest BCUT2D eigenvalue weighted by atomic mass is 10.0. The first kappa shape index (κ1) is 17.9. The van der Waals surface area contributed by atoms with Gasteiger partial charge in [-0.15, -0.1) is 0 Å². The van der Waals surface area contributed by atoms with Crippen molar-refractivity contribution in [3.8, 4) is 11.3 Å². The molecule has 0 atom stereocenters. The smallest absolute Gasteiger partial charge is 0.252 e. The highest BCUT2D eigenvalue weighted by Crippen LogP contribution is 2.26. The SMILES string of the molecule is Cc1nn(C)c2nc(-c3ccccc3)cc(C(=O)NCc3ccccc3F)c12. The van der Waals surface area contributed by atoms with Crippen LogP contribution in [0.25, 0.3) is 22.3 Å². The van der Waals surface area contributed by atoms with Crippen molar-refractivity contribution in [3.05, 3.63) is 83.3 Å². The Bertz CT molecular complexity index is 1170. The van der Waals surface area contributed by atoms with E-state index >= 15 is 0 Å². The second-order valence-electron chi connectivity index (χ2n) is 6.60. The molecule has 2 aromatic heterocycles. The Balaban J connectivity index is 1.76. The molecule has 0 unspecified atom stereocenters. The minimum absolute atomic E-state index is 0.106. The van der Waals surface area contributed by atoms with Crippen LogP contribution in [0.2, 0.25) is 0 Å². The van der Waals surface area contributed by atoms with Crippen molar-refractivity contribution in [2.24, 2.45) is 7.05 Å². The summed E-state index contributed by atoms with van der Waals surface area (Å²) in [7, 11) is 1.80. The summed E-state index contributed by atoms with van der Waals surface area (Å²) in [5.41, 5.74) is 3.87. The molecule has 28 heavy (non-hydrogen) atoms. The number of nitrogens with zero attached hydrogens (tertiary/aromatic N) is 3. The average molecular weight is 374 g/mol. The number of rotatable bonds is 4. The van der Waals surface area contributed by atoms with Crippen LogP contribution in [0.15, 0.2) is 60.7 Å². The van der Waals surface area contributed by atoms with E-state index in [0.717, 1.165) is 11.3 Å². The van der Waals surface area contributed by atoms with Crippen LogP contribution in [0.4, 0.5) is 4.39 Å². The van der Waals surface area contributed by atoms with E-state index in [1.54, 1.807) is 36.0 Å². The fraction of sp³-hybridized carbons (Fsp3) is 0.136. The number of hydrogen-bond donors (Lipinski definition) is 1. The Morgan fingerprint density at radius 2 is 1.82 bits per heavy atom. The van der Waals surface area contributed by atoms with Gasteiger partial charge in [0.05, 0.1) is 22.3 Å². The van der Waals surface area contributed by atoms with Crippen LogP contribution in [0.3, 0.4) is 0 Å². The van der Waals surface area contributed by atoms with Crippen molar-refractivity contribution in [1.82, 2.24) is 20.1 Å². The zero-order valence-corrected chi connectivity index (χ0v) is 15.6. The normalized spacial score (nSPS) is 11.0. The van der Waals surface area contributed by atoms with Crippen molar-refractivity contribution < 1.29 is 9.18 Å². The molecular weight excluding hydrogens is 355 g/mol. The van der Waals surface area contributed by atoms with Crippen LogP contribution in [0, 0.1) is 12.7 Å². The van der Waals surface area contributed by atoms with E-state index < -0.39 is 0 Å². The van der Waals surface area contributed by atoms with Gasteiger partial charge in [0.25, 0.3) is 5.91 Å². The lowest BCUT2D eigenvalue weighted by molar-refractivity contribution is 0.0952. The van der Waals surface area contributed by atoms with Crippen molar-refractivity contribution >= 4 is 16.9 Å². The quantitative estimate of drug-likeness (QED) is 0.587. The average Bonchev–Trinajstić information content (AvgIpc) is 3.01. The predicted molar refractivity (Wildman–Crippen MR) is 106 cm³/mol. The monoisotopic (exact) mass is 374 g/mol. The number of aryl methyl sites for hydroxylation is 2. The fourth-order valence-electron chi connectivity index (χ4n) is 3.29. The zero-order valence-electron chi connectivity index (χ0n) is 15.6. The minimum Gasteiger partial charge on any atom is -0.348 e. The minimum atomic E-state index is -0.342. The second kappa shape index (κ2) is 7.23. The molecule has 0 bridgehead atoms. The van der Waals surface area contributed by atoms with E-state index in [9.17, 15) is 9.18 Å². The van der Waals surface area contributed by atoms with Crippen molar-refractivity contribution in [2.75, 3.05) is 0 Å². The van der Waals surface area contributed by atoms with Gasteiger partial charge in [-0.25, -0.2) is 9.37 Å². The lowest BCUT2D eigenvalue weighted by Crippen LogP contribution is -2.24. The molecule has 6 heteroatoms. The first-order chi connectivity index (χ1) is 13.5. The van der Waals surface area contributed by atoms with Crippen LogP contribution in [0.1, 0.15) is 21.6 Å². The highest BCUT2D eigenvalue weighted by atomic mass is 19.1. The number of pyridine rings is 1. The summed E-state index contributed by atoms with van der Waals surface area (Å²) in [6.07, 6.45) is 0. The van der Waals surface area contributed by atoms with Crippen molar-refractivity contribution in [2.45, 2.75) is 13.5 Å². The highest BCUT2D eigenvalue weighted by molar-refractivity contribution is 6.07. The Morgan fingerprint density at radius 3 is 2.57 bits per heavy atom. The van der Waals surface area contributed by atoms with Gasteiger partial charge in [0.15, 0.2) is 5.65 Å². The molecule has 1 N–H and O–H groups in total. The van der Waals surface area contributed by atoms with Gasteiger partial charge in [0.2, 0.25) is 0 Å². The number of fused-ring (bicyclic) bond motifs is 1. The van der Waals surface area contributed by atoms with Gasteiger partial charge in [-0.2, -0.15) is 5.10 Å². The molecule has 0 fully saturated rings. The molecule has 2 heterocycles. The number of amides is 1. The molecule has 140 valence electrons. The van der Waals surface area contributed by atoms with Gasteiger partial charge in [0, 0.05) is 24.7 Å². The molecule has 0 saturated heterocycles. The summed E-state index contributed by atoms with van der Waals surface area (Å²) in [4.78, 5) is 17.7. The third kappa shape index (κ3) is 3.24. The molecule has 0 aliphatic carbocycles. The van der Waals surface area contributed by atoms with E-state index in [1.165, 1.54) is 6.07 Å². The standard InChI is InChI=1S/C22H19FN4O/c1-14-20-17(22(28)24-13-16-10-6-7-11-18(16)23)12-19(15-8-4-3-5-9-15)25-21(20)27(2)26-14/h3-12H,13H2,1-2H3,(H,24,28). The maximum Gasteiger partial charge on any atom is 0.252 e. The number of hydrogen-bond acceptors (Lipinski definition) is 3. The Labute approximate surface area is 161 Å². The first-order valence-electron chi connectivity index (χ1n) is 8.96. The molecule has 0 spiro atoms. The van der Waals surface area contributed by atoms with E-state index in [2.05, 4.69) is 10.4 Å². The number of nitrogens with one attached hydrogen (secondary N) is 1. The summed E-state index contributed by atoms with van der Waals surface area (Å²) < 4.78 is 15.5. The highest BCUT2D eigenvalue weighted by Gasteiger charge is 2.19. The van der Waals surface area contributed by atoms with Crippen molar-refractivity contribution in [3.63, 3.8) is 0 Å². The van der Waals surface area contributed by atoms with Gasteiger partial charge in [-0.1, -0.05) is 48.5 Å². The number of carbonyl (C=O) groups is 1. The maximum absolute atomic E-state index is 13.9. The first-order valence-corrected chi connectivity index (χ1v) is 8.96. The topological polar surface area (TPSA) is 59.8 Å². The number of benzene rings is 2. The Hall–Kier alpha value is -3.54. The molecule has 4 aromatic rings. The third-order valence-corrected chi connectivity index (χ3v) is 4.68. The number of carbonyl (C=O) groups excluding carboxylic acids is 1. The van der Waals surface area contributed by atoms with Gasteiger partial charge in [-0.05, 0) is 19.1 Å². The number of aromatic nitrogens is 3. The summed E-state index contributed by atoms with van der Waals surface area (Å²) in [6, 6.07) is 17.8. The number of halogens is 1. The molecular formula is C22H19FN4O. The summed E-state index contributed by atoms with van der Waals surface area (Å²) in [6.45, 7) is 1.95. The third-order valence-electron chi connectivity index (χ3n) is 4.68. The van der Waals surface area contributed by atoms with Crippen LogP contribution < -0.4 is 5.32 Å². The molecule has 4 rings (SSSR count). The molecule has 0 aliphatic rings. The van der Waals surface area contributed by atoms with Gasteiger partial charge in [0.1, 0.15) is 5.82 Å². The molecule has 5 nitrogen and oxygen atoms in total. The van der Waals surface area contributed by atoms with Gasteiger partial charge >= 0.3 is 0 Å². The fourth-order valence-corrected chi connectivity index (χ4v) is 3.29. The van der Waals surface area contributed by atoms with E-state index in [-0.39, 0.29) is 18.3 Å². The van der Waals surface area contributed by atoms with Gasteiger partial charge in [-0.3, -0.25) is 9.48 Å². The Morgan fingerprint density at radius 1 is 1.11 bits per heavy atom. The van der Waals surface area contributed by atoms with Crippen molar-refractivity contribution in [1.29, 1.82) is 0 Å². The summed E-state index contributed by atoms with van der Waals surface area (Å²) in [5, 5.41) is 7.94. The molecule has 0 aliphatic heterocycles. The van der Waals surface area contributed by atoms with Crippen LogP contribution in [0.5, 0.6) is 0 Å². The molecule has 1 amide bonds. The second-order valence-corrected chi connectivity index (χ2v) is 6.60. The van der Waals surface area contributed by atoms with Crippen LogP contribution in [-0.2, 0) is 13.6 Å². The van der Waals surface area contributed by atoms with E-state index in [1.807, 2.05) is 37.3 Å². The summed E-state index contributed by atoms with van der Waals surface area (Å²) in [5.74, 6) is -0.630.